The summed E-state index contributed by atoms with van der Waals surface area (Å²) in [5.41, 5.74) is 4.02. The van der Waals surface area contributed by atoms with Gasteiger partial charge in [-0.05, 0) is 46.0 Å². The Bertz CT molecular complexity index is 1760. The number of carboxylic acids is 1. The van der Waals surface area contributed by atoms with Crippen molar-refractivity contribution in [2.75, 3.05) is 0 Å². The Morgan fingerprint density at radius 1 is 0.727 bits per heavy atom. The molecule has 66 heavy (non-hydrogen) atoms. The number of aliphatic hydroxyl groups is 9. The molecule has 17 nitrogen and oxygen atoms in total. The fraction of sp³-hybridized carbons (Fsp3) is 0.653. The number of Topliss-reactive ketones (excluding diaryl/α,β-unsaturated/α-hetero) is 1. The lowest BCUT2D eigenvalue weighted by Crippen LogP contribution is -2.62. The minimum atomic E-state index is -2.36. The predicted molar refractivity (Wildman–Crippen MR) is 244 cm³/mol. The summed E-state index contributed by atoms with van der Waals surface area (Å²) in [6.45, 7) is 8.02. The van der Waals surface area contributed by atoms with Crippen molar-refractivity contribution < 1.29 is 79.7 Å². The molecule has 0 aromatic rings. The van der Waals surface area contributed by atoms with Crippen LogP contribution in [0, 0.1) is 23.7 Å². The highest BCUT2D eigenvalue weighted by molar-refractivity contribution is 5.79. The number of fused-ring (bicyclic) bond motifs is 2. The number of hydrogen-bond donors (Lipinski definition) is 11. The van der Waals surface area contributed by atoms with Gasteiger partial charge in [-0.1, -0.05) is 98.9 Å². The zero-order valence-electron chi connectivity index (χ0n) is 38.7. The Balaban J connectivity index is 1.89. The number of hydrogen-bond acceptors (Lipinski definition) is 16. The Morgan fingerprint density at radius 3 is 1.85 bits per heavy atom. The second-order valence-corrected chi connectivity index (χ2v) is 18.6. The first-order chi connectivity index (χ1) is 30.9. The fourth-order valence-corrected chi connectivity index (χ4v) is 8.77. The third kappa shape index (κ3) is 18.1. The number of carboxylic acid groups (broad SMARTS) is 1. The summed E-state index contributed by atoms with van der Waals surface area (Å²) in [5, 5.41) is 109. The molecule has 12 N–H and O–H groups in total. The molecule has 17 heteroatoms. The van der Waals surface area contributed by atoms with Crippen LogP contribution >= 0.6 is 0 Å². The van der Waals surface area contributed by atoms with Crippen LogP contribution in [0.15, 0.2) is 85.1 Å². The molecule has 0 aliphatic carbocycles. The summed E-state index contributed by atoms with van der Waals surface area (Å²) in [6.07, 6.45) is 8.56. The lowest BCUT2D eigenvalue weighted by atomic mass is 9.73. The number of cyclic esters (lactones) is 1. The topological polar surface area (TPSA) is 307 Å². The van der Waals surface area contributed by atoms with Crippen molar-refractivity contribution >= 4 is 17.7 Å². The summed E-state index contributed by atoms with van der Waals surface area (Å²) in [5.74, 6) is -8.02. The zero-order chi connectivity index (χ0) is 49.4. The van der Waals surface area contributed by atoms with Crippen molar-refractivity contribution in [3.63, 3.8) is 0 Å². The molecule has 0 aromatic heterocycles. The fourth-order valence-electron chi connectivity index (χ4n) is 8.77. The van der Waals surface area contributed by atoms with Crippen molar-refractivity contribution in [1.29, 1.82) is 0 Å². The van der Waals surface area contributed by atoms with E-state index in [1.165, 1.54) is 6.92 Å². The average molecular weight is 934 g/mol. The molecule has 2 saturated heterocycles. The van der Waals surface area contributed by atoms with E-state index in [9.17, 15) is 65.4 Å². The SMILES string of the molecule is CC1OC(C[C@H]2/C=C/C=C/C=C/C=C/C=C/C=C/C=C/[C@H](C)[C@@H](O)[C@@H](C)[C@H](C)OC(=O)C[C@H](O)C[C@H](O)CC(=O)CC[C@@H](O)[C@H](O)C[C@]3(O)C[C@@](C)(O)[C@@H](C(=O)O)C(C2)O3)C(O)C(N)C1O. The Labute approximate surface area is 388 Å². The van der Waals surface area contributed by atoms with Gasteiger partial charge in [-0.2, -0.15) is 0 Å². The molecule has 0 amide bonds. The van der Waals surface area contributed by atoms with Crippen LogP contribution in [-0.2, 0) is 28.6 Å². The van der Waals surface area contributed by atoms with Crippen molar-refractivity contribution in [2.24, 2.45) is 29.4 Å². The van der Waals surface area contributed by atoms with Crippen LogP contribution in [0.5, 0.6) is 0 Å². The lowest BCUT2D eigenvalue weighted by molar-refractivity contribution is -0.319. The smallest absolute Gasteiger partial charge is 0.312 e. The molecular formula is C49H75NO16. The number of esters is 1. The Hall–Kier alpha value is -3.69. The van der Waals surface area contributed by atoms with E-state index >= 15 is 0 Å². The van der Waals surface area contributed by atoms with Crippen LogP contribution in [0.4, 0.5) is 0 Å². The van der Waals surface area contributed by atoms with Crippen LogP contribution in [0.25, 0.3) is 0 Å². The normalized spacial score (nSPS) is 45.0. The molecule has 6 unspecified atom stereocenters. The molecule has 18 atom stereocenters. The van der Waals surface area contributed by atoms with Crippen molar-refractivity contribution in [1.82, 2.24) is 0 Å². The van der Waals surface area contributed by atoms with E-state index in [1.54, 1.807) is 75.5 Å². The highest BCUT2D eigenvalue weighted by Gasteiger charge is 2.56. The van der Waals surface area contributed by atoms with Gasteiger partial charge in [0.05, 0.1) is 79.1 Å². The number of aliphatic carboxylic acids is 1. The third-order valence-electron chi connectivity index (χ3n) is 12.7. The van der Waals surface area contributed by atoms with Gasteiger partial charge in [-0.15, -0.1) is 0 Å². The summed E-state index contributed by atoms with van der Waals surface area (Å²) >= 11 is 0. The maximum atomic E-state index is 12.8. The zero-order valence-corrected chi connectivity index (χ0v) is 38.7. The Kier molecular flexibility index (Phi) is 23.0. The van der Waals surface area contributed by atoms with Gasteiger partial charge in [0.1, 0.15) is 17.8 Å². The minimum absolute atomic E-state index is 0.0627. The van der Waals surface area contributed by atoms with Gasteiger partial charge >= 0.3 is 11.9 Å². The van der Waals surface area contributed by atoms with Gasteiger partial charge in [0, 0.05) is 43.9 Å². The second-order valence-electron chi connectivity index (χ2n) is 18.6. The largest absolute Gasteiger partial charge is 0.481 e. The van der Waals surface area contributed by atoms with Crippen molar-refractivity contribution in [2.45, 2.75) is 177 Å². The van der Waals surface area contributed by atoms with Crippen LogP contribution in [-0.4, -0.2) is 153 Å². The molecule has 2 fully saturated rings. The first kappa shape index (κ1) is 56.6. The molecule has 0 radical (unpaired) electrons. The van der Waals surface area contributed by atoms with Crippen LogP contribution in [0.1, 0.15) is 92.4 Å². The molecular weight excluding hydrogens is 859 g/mol. The molecule has 3 aliphatic heterocycles. The van der Waals surface area contributed by atoms with E-state index < -0.39 is 146 Å². The number of rotatable bonds is 3. The highest BCUT2D eigenvalue weighted by atomic mass is 16.6. The van der Waals surface area contributed by atoms with Gasteiger partial charge in [0.25, 0.3) is 0 Å². The third-order valence-corrected chi connectivity index (χ3v) is 12.7. The minimum Gasteiger partial charge on any atom is -0.481 e. The average Bonchev–Trinajstić information content (AvgIpc) is 3.21. The number of carbonyl (C=O) groups is 3. The van der Waals surface area contributed by atoms with Crippen LogP contribution in [0.2, 0.25) is 0 Å². The molecule has 2 bridgehead atoms. The van der Waals surface area contributed by atoms with Crippen LogP contribution < -0.4 is 5.73 Å². The van der Waals surface area contributed by atoms with E-state index in [4.69, 9.17) is 19.9 Å². The molecule has 3 aliphatic rings. The standard InChI is InChI=1S/C49H75NO16/c1-29-18-16-14-12-10-8-6-7-9-11-13-15-17-19-33(23-40-46(59)43(50)45(58)32(4)64-40)22-39-42(47(60)61)48(5,62)28-49(63,66-39)27-38(55)37(54)21-20-34(51)24-35(52)25-36(53)26-41(56)65-31(3)30(2)44(29)57/h6-19,29-33,35-40,42-46,52-55,57-59,62-63H,20-28,50H2,1-5H3,(H,60,61)/b7-6+,10-8+,11-9+,14-12+,15-13+,18-16+,19-17+/t29-,30-,31-,32?,33-,35+,36+,37+,38+,39?,40?,42+,43?,44+,45?,46?,48+,49+/m0/s1. The van der Waals surface area contributed by atoms with E-state index in [0.717, 1.165) is 0 Å². The number of nitrogens with two attached hydrogens (primary N) is 1. The molecule has 3 heterocycles. The molecule has 3 rings (SSSR count). The van der Waals surface area contributed by atoms with Gasteiger partial charge in [-0.25, -0.2) is 0 Å². The molecule has 0 aromatic carbocycles. The first-order valence-electron chi connectivity index (χ1n) is 22.9. The monoisotopic (exact) mass is 934 g/mol. The Morgan fingerprint density at radius 2 is 1.27 bits per heavy atom. The van der Waals surface area contributed by atoms with Gasteiger partial charge in [-0.3, -0.25) is 14.4 Å². The summed E-state index contributed by atoms with van der Waals surface area (Å²) in [7, 11) is 0. The number of carbonyl (C=O) groups excluding carboxylic acids is 2. The van der Waals surface area contributed by atoms with Crippen molar-refractivity contribution in [3.8, 4) is 0 Å². The number of allylic oxidation sites excluding steroid dienone is 13. The van der Waals surface area contributed by atoms with Crippen LogP contribution in [0.3, 0.4) is 0 Å². The maximum absolute atomic E-state index is 12.8. The number of ether oxygens (including phenoxy) is 3. The lowest BCUT2D eigenvalue weighted by Gasteiger charge is -2.49. The highest BCUT2D eigenvalue weighted by Crippen LogP contribution is 2.44. The van der Waals surface area contributed by atoms with Crippen molar-refractivity contribution in [3.05, 3.63) is 85.1 Å². The van der Waals surface area contributed by atoms with E-state index in [0.29, 0.717) is 0 Å². The predicted octanol–water partition coefficient (Wildman–Crippen LogP) is 1.97. The first-order valence-corrected chi connectivity index (χ1v) is 22.9. The van der Waals surface area contributed by atoms with E-state index in [-0.39, 0.29) is 38.0 Å². The van der Waals surface area contributed by atoms with Gasteiger partial charge in [0.15, 0.2) is 5.79 Å². The summed E-state index contributed by atoms with van der Waals surface area (Å²) in [6, 6.07) is -1.04. The summed E-state index contributed by atoms with van der Waals surface area (Å²) < 4.78 is 17.4. The number of aliphatic hydroxyl groups excluding tert-OH is 7. The second kappa shape index (κ2) is 26.7. The summed E-state index contributed by atoms with van der Waals surface area (Å²) in [4.78, 5) is 38.1. The quantitative estimate of drug-likeness (QED) is 0.180. The van der Waals surface area contributed by atoms with Gasteiger partial charge < -0.3 is 71.0 Å². The molecule has 0 saturated carbocycles. The molecule has 0 spiro atoms. The maximum Gasteiger partial charge on any atom is 0.312 e. The van der Waals surface area contributed by atoms with Gasteiger partial charge in [0.2, 0.25) is 0 Å². The van der Waals surface area contributed by atoms with E-state index in [1.807, 2.05) is 37.3 Å². The van der Waals surface area contributed by atoms with E-state index in [2.05, 4.69) is 0 Å². The number of ketones is 1. The molecule has 372 valence electrons.